The third kappa shape index (κ3) is 2.32. The van der Waals surface area contributed by atoms with E-state index in [2.05, 4.69) is 0 Å². The summed E-state index contributed by atoms with van der Waals surface area (Å²) in [6.45, 7) is 0. The summed E-state index contributed by atoms with van der Waals surface area (Å²) in [6.07, 6.45) is -0.0307. The highest BCUT2D eigenvalue weighted by Gasteiger charge is 2.14. The number of halogens is 2. The Morgan fingerprint density at radius 2 is 1.80 bits per heavy atom. The lowest BCUT2D eigenvalue weighted by Crippen LogP contribution is -2.02. The summed E-state index contributed by atoms with van der Waals surface area (Å²) in [4.78, 5) is 12.1. The van der Waals surface area contributed by atoms with Crippen molar-refractivity contribution in [1.82, 2.24) is 0 Å². The molecule has 0 amide bonds. The van der Waals surface area contributed by atoms with Gasteiger partial charge < -0.3 is 4.42 Å². The van der Waals surface area contributed by atoms with E-state index in [-0.39, 0.29) is 18.0 Å². The van der Waals surface area contributed by atoms with Crippen LogP contribution in [0.3, 0.4) is 0 Å². The fraction of sp³-hybridized carbons (Fsp3) is 0.0625. The zero-order valence-corrected chi connectivity index (χ0v) is 10.4. The van der Waals surface area contributed by atoms with Crippen LogP contribution >= 0.6 is 0 Å². The number of carbonyl (C=O) groups is 1. The molecule has 0 bridgehead atoms. The van der Waals surface area contributed by atoms with Gasteiger partial charge >= 0.3 is 0 Å². The number of carbonyl (C=O) groups excluding carboxylic acids is 1. The standard InChI is InChI=1S/C16H10F2O2/c17-12-6-5-10(7-13(12)18)8-14(19)16-9-11-3-1-2-4-15(11)20-16/h1-7,9H,8H2. The molecule has 0 unspecified atom stereocenters. The zero-order chi connectivity index (χ0) is 14.1. The van der Waals surface area contributed by atoms with Gasteiger partial charge in [-0.15, -0.1) is 0 Å². The van der Waals surface area contributed by atoms with E-state index in [0.29, 0.717) is 11.1 Å². The highest BCUT2D eigenvalue weighted by Crippen LogP contribution is 2.20. The molecule has 20 heavy (non-hydrogen) atoms. The van der Waals surface area contributed by atoms with Gasteiger partial charge in [0.05, 0.1) is 0 Å². The predicted octanol–water partition coefficient (Wildman–Crippen LogP) is 4.14. The Balaban J connectivity index is 1.86. The number of para-hydroxylation sites is 1. The number of benzene rings is 2. The first-order chi connectivity index (χ1) is 9.63. The van der Waals surface area contributed by atoms with Gasteiger partial charge in [0, 0.05) is 11.8 Å². The van der Waals surface area contributed by atoms with Gasteiger partial charge in [-0.2, -0.15) is 0 Å². The highest BCUT2D eigenvalue weighted by atomic mass is 19.2. The van der Waals surface area contributed by atoms with Crippen molar-refractivity contribution >= 4 is 16.8 Å². The van der Waals surface area contributed by atoms with E-state index in [0.717, 1.165) is 17.5 Å². The van der Waals surface area contributed by atoms with Gasteiger partial charge in [0.25, 0.3) is 0 Å². The molecule has 0 N–H and O–H groups in total. The lowest BCUT2D eigenvalue weighted by molar-refractivity contribution is 0.0968. The Morgan fingerprint density at radius 1 is 1.00 bits per heavy atom. The van der Waals surface area contributed by atoms with Crippen molar-refractivity contribution in [3.63, 3.8) is 0 Å². The fourth-order valence-corrected chi connectivity index (χ4v) is 2.04. The van der Waals surface area contributed by atoms with E-state index < -0.39 is 11.6 Å². The molecule has 0 aliphatic heterocycles. The Morgan fingerprint density at radius 3 is 2.55 bits per heavy atom. The second-order valence-corrected chi connectivity index (χ2v) is 4.50. The summed E-state index contributed by atoms with van der Waals surface area (Å²) >= 11 is 0. The first-order valence-corrected chi connectivity index (χ1v) is 6.09. The molecule has 2 aromatic carbocycles. The van der Waals surface area contributed by atoms with Crippen LogP contribution in [-0.2, 0) is 6.42 Å². The molecule has 3 rings (SSSR count). The summed E-state index contributed by atoms with van der Waals surface area (Å²) in [5.74, 6) is -1.94. The summed E-state index contributed by atoms with van der Waals surface area (Å²) in [7, 11) is 0. The topological polar surface area (TPSA) is 30.2 Å². The van der Waals surface area contributed by atoms with Crippen LogP contribution in [-0.4, -0.2) is 5.78 Å². The second kappa shape index (κ2) is 4.89. The third-order valence-corrected chi connectivity index (χ3v) is 3.05. The smallest absolute Gasteiger partial charge is 0.202 e. The van der Waals surface area contributed by atoms with E-state index in [1.165, 1.54) is 6.07 Å². The van der Waals surface area contributed by atoms with Gasteiger partial charge in [-0.1, -0.05) is 24.3 Å². The van der Waals surface area contributed by atoms with Gasteiger partial charge in [0.1, 0.15) is 5.58 Å². The van der Waals surface area contributed by atoms with Gasteiger partial charge in [0.15, 0.2) is 17.4 Å². The van der Waals surface area contributed by atoms with Crippen LogP contribution in [0.1, 0.15) is 16.1 Å². The summed E-state index contributed by atoms with van der Waals surface area (Å²) in [5, 5.41) is 0.834. The fourth-order valence-electron chi connectivity index (χ4n) is 2.04. The van der Waals surface area contributed by atoms with E-state index in [1.807, 2.05) is 18.2 Å². The molecular weight excluding hydrogens is 262 g/mol. The molecule has 0 spiro atoms. The molecule has 0 aliphatic carbocycles. The number of furan rings is 1. The van der Waals surface area contributed by atoms with Crippen molar-refractivity contribution in [3.05, 3.63) is 71.5 Å². The molecule has 100 valence electrons. The normalized spacial score (nSPS) is 10.9. The highest BCUT2D eigenvalue weighted by molar-refractivity contribution is 5.98. The first kappa shape index (κ1) is 12.5. The van der Waals surface area contributed by atoms with Crippen LogP contribution in [0.15, 0.2) is 52.9 Å². The molecule has 0 saturated heterocycles. The number of Topliss-reactive ketones (excluding diaryl/α,β-unsaturated/α-hetero) is 1. The molecule has 2 nitrogen and oxygen atoms in total. The van der Waals surface area contributed by atoms with Crippen molar-refractivity contribution in [3.8, 4) is 0 Å². The first-order valence-electron chi connectivity index (χ1n) is 6.09. The van der Waals surface area contributed by atoms with Crippen LogP contribution in [0, 0.1) is 11.6 Å². The summed E-state index contributed by atoms with van der Waals surface area (Å²) in [6, 6.07) is 12.3. The average molecular weight is 272 g/mol. The quantitative estimate of drug-likeness (QED) is 0.671. The van der Waals surface area contributed by atoms with Gasteiger partial charge in [-0.3, -0.25) is 4.79 Å². The molecule has 0 atom stereocenters. The lowest BCUT2D eigenvalue weighted by atomic mass is 10.1. The molecule has 1 aromatic heterocycles. The Kier molecular flexibility index (Phi) is 3.06. The maximum Gasteiger partial charge on any atom is 0.202 e. The number of hydrogen-bond donors (Lipinski definition) is 0. The molecule has 3 aromatic rings. The third-order valence-electron chi connectivity index (χ3n) is 3.05. The minimum Gasteiger partial charge on any atom is -0.453 e. The van der Waals surface area contributed by atoms with Crippen molar-refractivity contribution in [2.24, 2.45) is 0 Å². The minimum atomic E-state index is -0.958. The van der Waals surface area contributed by atoms with Crippen molar-refractivity contribution in [2.45, 2.75) is 6.42 Å². The molecule has 0 fully saturated rings. The maximum atomic E-state index is 13.1. The maximum absolute atomic E-state index is 13.1. The number of hydrogen-bond acceptors (Lipinski definition) is 2. The van der Waals surface area contributed by atoms with E-state index >= 15 is 0 Å². The Labute approximate surface area is 113 Å². The van der Waals surface area contributed by atoms with Crippen molar-refractivity contribution < 1.29 is 18.0 Å². The van der Waals surface area contributed by atoms with Crippen LogP contribution in [0.4, 0.5) is 8.78 Å². The largest absolute Gasteiger partial charge is 0.453 e. The second-order valence-electron chi connectivity index (χ2n) is 4.50. The molecule has 0 radical (unpaired) electrons. The van der Waals surface area contributed by atoms with E-state index in [9.17, 15) is 13.6 Å². The lowest BCUT2D eigenvalue weighted by Gasteiger charge is -1.99. The number of ketones is 1. The molecule has 4 heteroatoms. The van der Waals surface area contributed by atoms with E-state index in [4.69, 9.17) is 4.42 Å². The molecular formula is C16H10F2O2. The van der Waals surface area contributed by atoms with Gasteiger partial charge in [0.2, 0.25) is 5.78 Å². The van der Waals surface area contributed by atoms with Crippen LogP contribution in [0.5, 0.6) is 0 Å². The van der Waals surface area contributed by atoms with Crippen LogP contribution < -0.4 is 0 Å². The van der Waals surface area contributed by atoms with Gasteiger partial charge in [-0.25, -0.2) is 8.78 Å². The SMILES string of the molecule is O=C(Cc1ccc(F)c(F)c1)c1cc2ccccc2o1. The van der Waals surface area contributed by atoms with Crippen LogP contribution in [0.25, 0.3) is 11.0 Å². The van der Waals surface area contributed by atoms with Crippen molar-refractivity contribution in [1.29, 1.82) is 0 Å². The molecule has 1 heterocycles. The Bertz CT molecular complexity index is 757. The average Bonchev–Trinajstić information content (AvgIpc) is 2.87. The minimum absolute atomic E-state index is 0.0307. The summed E-state index contributed by atoms with van der Waals surface area (Å²) < 4.78 is 31.3. The molecule has 0 aliphatic rings. The monoisotopic (exact) mass is 272 g/mol. The van der Waals surface area contributed by atoms with Crippen molar-refractivity contribution in [2.75, 3.05) is 0 Å². The summed E-state index contributed by atoms with van der Waals surface area (Å²) in [5.41, 5.74) is 1.04. The molecule has 0 saturated carbocycles. The van der Waals surface area contributed by atoms with E-state index in [1.54, 1.807) is 12.1 Å². The van der Waals surface area contributed by atoms with Crippen LogP contribution in [0.2, 0.25) is 0 Å². The van der Waals surface area contributed by atoms with Gasteiger partial charge in [-0.05, 0) is 29.8 Å². The number of rotatable bonds is 3. The Hall–Kier alpha value is -2.49. The number of fused-ring (bicyclic) bond motifs is 1. The predicted molar refractivity (Wildman–Crippen MR) is 70.6 cm³/mol. The zero-order valence-electron chi connectivity index (χ0n) is 10.4.